The van der Waals surface area contributed by atoms with Gasteiger partial charge in [0, 0.05) is 19.2 Å². The van der Waals surface area contributed by atoms with Gasteiger partial charge in [-0.05, 0) is 44.9 Å². The fourth-order valence-electron chi connectivity index (χ4n) is 1.94. The van der Waals surface area contributed by atoms with E-state index in [1.165, 1.54) is 0 Å². The number of rotatable bonds is 5. The fraction of sp³-hybridized carbons (Fsp3) is 0.769. The molecule has 0 bridgehead atoms. The summed E-state index contributed by atoms with van der Waals surface area (Å²) in [6, 6.07) is 0.363. The van der Waals surface area contributed by atoms with Crippen LogP contribution in [0.1, 0.15) is 39.0 Å². The van der Waals surface area contributed by atoms with Gasteiger partial charge in [-0.15, -0.1) is 0 Å². The molecule has 0 aromatic carbocycles. The molecule has 3 N–H and O–H groups in total. The molecule has 1 saturated carbocycles. The normalized spacial score (nSPS) is 23.6. The molecule has 0 atom stereocenters. The molecule has 4 nitrogen and oxygen atoms in total. The van der Waals surface area contributed by atoms with Crippen LogP contribution in [0.25, 0.3) is 0 Å². The van der Waals surface area contributed by atoms with E-state index in [1.54, 1.807) is 6.92 Å². The van der Waals surface area contributed by atoms with Crippen molar-refractivity contribution in [3.8, 4) is 11.8 Å². The Labute approximate surface area is 103 Å². The smallest absolute Gasteiger partial charge is 0.295 e. The number of carbonyl (C=O) groups excluding carboxylic acids is 1. The maximum atomic E-state index is 11.0. The third-order valence-electron chi connectivity index (χ3n) is 2.92. The number of hydrogen-bond donors (Lipinski definition) is 2. The molecule has 0 radical (unpaired) electrons. The molecule has 0 saturated heterocycles. The maximum absolute atomic E-state index is 11.0. The third kappa shape index (κ3) is 6.30. The van der Waals surface area contributed by atoms with E-state index in [-0.39, 0.29) is 5.91 Å². The molecule has 0 aromatic heterocycles. The number of carbonyl (C=O) groups is 1. The summed E-state index contributed by atoms with van der Waals surface area (Å²) in [5.74, 6) is 4.78. The Morgan fingerprint density at radius 2 is 2.12 bits per heavy atom. The van der Waals surface area contributed by atoms with Gasteiger partial charge in [-0.25, -0.2) is 0 Å². The molecule has 1 fully saturated rings. The highest BCUT2D eigenvalue weighted by molar-refractivity contribution is 5.93. The molecule has 1 amide bonds. The predicted molar refractivity (Wildman–Crippen MR) is 67.3 cm³/mol. The lowest BCUT2D eigenvalue weighted by Crippen LogP contribution is -2.31. The Hall–Kier alpha value is -1.05. The van der Waals surface area contributed by atoms with Crippen molar-refractivity contribution in [2.24, 2.45) is 5.73 Å². The van der Waals surface area contributed by atoms with Crippen molar-refractivity contribution in [1.82, 2.24) is 5.32 Å². The summed E-state index contributed by atoms with van der Waals surface area (Å²) in [5.41, 5.74) is 5.82. The average molecular weight is 238 g/mol. The quantitative estimate of drug-likeness (QED) is 0.550. The topological polar surface area (TPSA) is 64.3 Å². The molecule has 96 valence electrons. The Morgan fingerprint density at radius 1 is 1.41 bits per heavy atom. The van der Waals surface area contributed by atoms with Crippen LogP contribution >= 0.6 is 0 Å². The largest absolute Gasteiger partial charge is 0.378 e. The third-order valence-corrected chi connectivity index (χ3v) is 2.92. The van der Waals surface area contributed by atoms with E-state index < -0.39 is 0 Å². The second-order valence-electron chi connectivity index (χ2n) is 4.39. The zero-order valence-electron chi connectivity index (χ0n) is 10.5. The first-order valence-corrected chi connectivity index (χ1v) is 6.30. The van der Waals surface area contributed by atoms with Crippen molar-refractivity contribution >= 4 is 5.91 Å². The molecule has 1 aliphatic rings. The van der Waals surface area contributed by atoms with E-state index in [4.69, 9.17) is 10.5 Å². The average Bonchev–Trinajstić information content (AvgIpc) is 2.31. The first kappa shape index (κ1) is 14.0. The summed E-state index contributed by atoms with van der Waals surface area (Å²) in [4.78, 5) is 11.0. The van der Waals surface area contributed by atoms with Gasteiger partial charge in [0.1, 0.15) is 0 Å². The van der Waals surface area contributed by atoms with Crippen molar-refractivity contribution in [3.05, 3.63) is 0 Å². The fourth-order valence-corrected chi connectivity index (χ4v) is 1.94. The number of nitrogens with one attached hydrogen (secondary N) is 1. The molecule has 0 aromatic rings. The van der Waals surface area contributed by atoms with Gasteiger partial charge in [0.25, 0.3) is 5.91 Å². The molecular formula is C13H22N2O2. The van der Waals surface area contributed by atoms with Crippen LogP contribution in [0.4, 0.5) is 0 Å². The Morgan fingerprint density at radius 3 is 2.76 bits per heavy atom. The van der Waals surface area contributed by atoms with Gasteiger partial charge in [-0.1, -0.05) is 5.92 Å². The van der Waals surface area contributed by atoms with Crippen LogP contribution in [0.15, 0.2) is 0 Å². The molecule has 17 heavy (non-hydrogen) atoms. The first-order chi connectivity index (χ1) is 8.22. The highest BCUT2D eigenvalue weighted by atomic mass is 16.5. The van der Waals surface area contributed by atoms with Crippen molar-refractivity contribution in [2.45, 2.75) is 51.2 Å². The van der Waals surface area contributed by atoms with Gasteiger partial charge in [0.05, 0.1) is 6.10 Å². The summed E-state index contributed by atoms with van der Waals surface area (Å²) in [7, 11) is 0. The molecular weight excluding hydrogens is 216 g/mol. The van der Waals surface area contributed by atoms with Crippen molar-refractivity contribution in [3.63, 3.8) is 0 Å². The number of nitrogens with two attached hydrogens (primary N) is 1. The van der Waals surface area contributed by atoms with E-state index >= 15 is 0 Å². The van der Waals surface area contributed by atoms with E-state index in [9.17, 15) is 4.79 Å². The molecule has 1 aliphatic carbocycles. The molecule has 1 rings (SSSR count). The van der Waals surface area contributed by atoms with Crippen LogP contribution < -0.4 is 11.1 Å². The lowest BCUT2D eigenvalue weighted by molar-refractivity contribution is -0.115. The molecule has 0 aliphatic heterocycles. The van der Waals surface area contributed by atoms with E-state index in [2.05, 4.69) is 17.2 Å². The number of ether oxygens (including phenoxy) is 1. The number of hydrogen-bond acceptors (Lipinski definition) is 3. The van der Waals surface area contributed by atoms with Gasteiger partial charge in [-0.3, -0.25) is 4.79 Å². The van der Waals surface area contributed by atoms with Crippen LogP contribution in [0.5, 0.6) is 0 Å². The zero-order chi connectivity index (χ0) is 12.5. The lowest BCUT2D eigenvalue weighted by atomic mass is 9.94. The summed E-state index contributed by atoms with van der Waals surface area (Å²) in [5, 5.41) is 2.72. The van der Waals surface area contributed by atoms with Gasteiger partial charge < -0.3 is 15.8 Å². The minimum Gasteiger partial charge on any atom is -0.378 e. The SMILES string of the molecule is CC#CC(=O)NCCCOC1CCC(N)CC1. The minimum atomic E-state index is -0.212. The monoisotopic (exact) mass is 238 g/mol. The van der Waals surface area contributed by atoms with Crippen LogP contribution in [-0.2, 0) is 9.53 Å². The molecule has 0 spiro atoms. The second-order valence-corrected chi connectivity index (χ2v) is 4.39. The van der Waals surface area contributed by atoms with Crippen LogP contribution in [0, 0.1) is 11.8 Å². The van der Waals surface area contributed by atoms with Gasteiger partial charge in [0.15, 0.2) is 0 Å². The van der Waals surface area contributed by atoms with Gasteiger partial charge in [0.2, 0.25) is 0 Å². The maximum Gasteiger partial charge on any atom is 0.295 e. The molecule has 4 heteroatoms. The first-order valence-electron chi connectivity index (χ1n) is 6.30. The Balaban J connectivity index is 1.97. The van der Waals surface area contributed by atoms with Gasteiger partial charge >= 0.3 is 0 Å². The van der Waals surface area contributed by atoms with Crippen LogP contribution in [0.2, 0.25) is 0 Å². The Kier molecular flexibility index (Phi) is 6.68. The molecule has 0 unspecified atom stereocenters. The lowest BCUT2D eigenvalue weighted by Gasteiger charge is -2.26. The predicted octanol–water partition coefficient (Wildman–Crippen LogP) is 0.802. The standard InChI is InChI=1S/C13H22N2O2/c1-2-4-13(16)15-9-3-10-17-12-7-5-11(14)6-8-12/h11-12H,3,5-10,14H2,1H3,(H,15,16). The summed E-state index contributed by atoms with van der Waals surface area (Å²) < 4.78 is 5.73. The molecule has 0 heterocycles. The number of amides is 1. The van der Waals surface area contributed by atoms with Crippen LogP contribution in [0.3, 0.4) is 0 Å². The van der Waals surface area contributed by atoms with Gasteiger partial charge in [-0.2, -0.15) is 0 Å². The minimum absolute atomic E-state index is 0.212. The van der Waals surface area contributed by atoms with E-state index in [0.717, 1.165) is 32.1 Å². The van der Waals surface area contributed by atoms with Crippen molar-refractivity contribution in [2.75, 3.05) is 13.2 Å². The van der Waals surface area contributed by atoms with E-state index in [1.807, 2.05) is 0 Å². The Bertz CT molecular complexity index is 286. The summed E-state index contributed by atoms with van der Waals surface area (Å²) >= 11 is 0. The summed E-state index contributed by atoms with van der Waals surface area (Å²) in [6.07, 6.45) is 5.45. The van der Waals surface area contributed by atoms with E-state index in [0.29, 0.717) is 25.3 Å². The highest BCUT2D eigenvalue weighted by Gasteiger charge is 2.18. The summed E-state index contributed by atoms with van der Waals surface area (Å²) in [6.45, 7) is 2.97. The van der Waals surface area contributed by atoms with Crippen molar-refractivity contribution < 1.29 is 9.53 Å². The van der Waals surface area contributed by atoms with Crippen LogP contribution in [-0.4, -0.2) is 31.2 Å². The highest BCUT2D eigenvalue weighted by Crippen LogP contribution is 2.19. The van der Waals surface area contributed by atoms with Crippen molar-refractivity contribution in [1.29, 1.82) is 0 Å². The zero-order valence-corrected chi connectivity index (χ0v) is 10.5. The second kappa shape index (κ2) is 8.10.